The molecular formula is C21H27BFN3O3. The summed E-state index contributed by atoms with van der Waals surface area (Å²) in [5.41, 5.74) is 1.53. The van der Waals surface area contributed by atoms with Crippen LogP contribution in [0.1, 0.15) is 62.3 Å². The Hall–Kier alpha value is -2.19. The van der Waals surface area contributed by atoms with E-state index in [-0.39, 0.29) is 12.5 Å². The molecule has 1 fully saturated rings. The van der Waals surface area contributed by atoms with Gasteiger partial charge in [-0.25, -0.2) is 4.39 Å². The first-order valence-electron chi connectivity index (χ1n) is 10.2. The number of halogens is 1. The number of aromatic nitrogens is 2. The van der Waals surface area contributed by atoms with E-state index in [0.717, 1.165) is 31.5 Å². The van der Waals surface area contributed by atoms with E-state index < -0.39 is 24.1 Å². The molecule has 0 radical (unpaired) electrons. The van der Waals surface area contributed by atoms with Crippen LogP contribution in [0.4, 0.5) is 4.39 Å². The van der Waals surface area contributed by atoms with Gasteiger partial charge in [-0.05, 0) is 64.6 Å². The van der Waals surface area contributed by atoms with E-state index in [2.05, 4.69) is 10.4 Å². The number of nitrogens with one attached hydrogen (secondary N) is 1. The lowest BCUT2D eigenvalue weighted by Crippen LogP contribution is -2.41. The first-order chi connectivity index (χ1) is 13.7. The highest BCUT2D eigenvalue weighted by molar-refractivity contribution is 6.62. The Morgan fingerprint density at radius 1 is 1.21 bits per heavy atom. The lowest BCUT2D eigenvalue weighted by molar-refractivity contribution is 0.00578. The molecule has 1 aromatic carbocycles. The first kappa shape index (κ1) is 20.1. The second kappa shape index (κ2) is 7.25. The van der Waals surface area contributed by atoms with Crippen LogP contribution in [0, 0.1) is 5.82 Å². The van der Waals surface area contributed by atoms with Gasteiger partial charge in [0.25, 0.3) is 5.91 Å². The van der Waals surface area contributed by atoms with Crippen molar-refractivity contribution in [3.8, 4) is 0 Å². The number of carbonyl (C=O) groups is 1. The molecule has 0 bridgehead atoms. The van der Waals surface area contributed by atoms with Crippen LogP contribution in [0.25, 0.3) is 0 Å². The van der Waals surface area contributed by atoms with Crippen molar-refractivity contribution in [2.45, 2.75) is 71.2 Å². The van der Waals surface area contributed by atoms with Crippen LogP contribution in [0.15, 0.2) is 24.3 Å². The lowest BCUT2D eigenvalue weighted by Gasteiger charge is -2.32. The molecule has 8 heteroatoms. The summed E-state index contributed by atoms with van der Waals surface area (Å²) in [6, 6.07) is 6.68. The third-order valence-corrected chi connectivity index (χ3v) is 6.19. The molecule has 0 aliphatic carbocycles. The van der Waals surface area contributed by atoms with Crippen LogP contribution in [0.3, 0.4) is 0 Å². The summed E-state index contributed by atoms with van der Waals surface area (Å²) in [5, 5.41) is 7.12. The quantitative estimate of drug-likeness (QED) is 0.803. The highest BCUT2D eigenvalue weighted by Crippen LogP contribution is 2.36. The lowest BCUT2D eigenvalue weighted by atomic mass is 9.78. The summed E-state index contributed by atoms with van der Waals surface area (Å²) in [4.78, 5) is 12.4. The fraction of sp³-hybridized carbons (Fsp3) is 0.524. The predicted molar refractivity (Wildman–Crippen MR) is 108 cm³/mol. The SMILES string of the molecule is CC1(C)OB(c2ccc(CNC(=O)c3cc4n(n3)CCCC4)c(F)c2)OC1(C)C. The van der Waals surface area contributed by atoms with Crippen molar-refractivity contribution in [2.75, 3.05) is 0 Å². The van der Waals surface area contributed by atoms with Crippen molar-refractivity contribution < 1.29 is 18.5 Å². The van der Waals surface area contributed by atoms with E-state index in [1.54, 1.807) is 12.1 Å². The number of aryl methyl sites for hydroxylation is 2. The average molecular weight is 399 g/mol. The molecule has 6 nitrogen and oxygen atoms in total. The monoisotopic (exact) mass is 399 g/mol. The zero-order valence-electron chi connectivity index (χ0n) is 17.4. The largest absolute Gasteiger partial charge is 0.494 e. The van der Waals surface area contributed by atoms with Crippen molar-refractivity contribution in [2.24, 2.45) is 0 Å². The topological polar surface area (TPSA) is 65.4 Å². The predicted octanol–water partition coefficient (Wildman–Crippen LogP) is 2.59. The van der Waals surface area contributed by atoms with E-state index in [0.29, 0.717) is 16.7 Å². The van der Waals surface area contributed by atoms with Gasteiger partial charge < -0.3 is 14.6 Å². The Morgan fingerprint density at radius 3 is 2.59 bits per heavy atom. The number of rotatable bonds is 4. The minimum atomic E-state index is -0.616. The van der Waals surface area contributed by atoms with Crippen molar-refractivity contribution >= 4 is 18.5 Å². The van der Waals surface area contributed by atoms with E-state index >= 15 is 0 Å². The summed E-state index contributed by atoms with van der Waals surface area (Å²) >= 11 is 0. The maximum atomic E-state index is 14.6. The molecular weight excluding hydrogens is 372 g/mol. The van der Waals surface area contributed by atoms with Gasteiger partial charge in [0.2, 0.25) is 0 Å². The Kier molecular flexibility index (Phi) is 5.03. The number of hydrogen-bond acceptors (Lipinski definition) is 4. The molecule has 1 aromatic heterocycles. The number of nitrogens with zero attached hydrogens (tertiary/aromatic N) is 2. The molecule has 0 saturated carbocycles. The molecule has 3 heterocycles. The summed E-state index contributed by atoms with van der Waals surface area (Å²) in [6.45, 7) is 8.78. The molecule has 0 unspecified atom stereocenters. The number of amides is 1. The van der Waals surface area contributed by atoms with E-state index in [4.69, 9.17) is 9.31 Å². The molecule has 2 aromatic rings. The Labute approximate surface area is 170 Å². The van der Waals surface area contributed by atoms with Gasteiger partial charge in [-0.3, -0.25) is 9.48 Å². The van der Waals surface area contributed by atoms with Crippen LogP contribution in [-0.4, -0.2) is 34.0 Å². The van der Waals surface area contributed by atoms with E-state index in [1.165, 1.54) is 6.07 Å². The Balaban J connectivity index is 1.41. The zero-order chi connectivity index (χ0) is 20.8. The van der Waals surface area contributed by atoms with Crippen LogP contribution >= 0.6 is 0 Å². The van der Waals surface area contributed by atoms with E-state index in [1.807, 2.05) is 38.4 Å². The minimum Gasteiger partial charge on any atom is -0.399 e. The molecule has 29 heavy (non-hydrogen) atoms. The van der Waals surface area contributed by atoms with Crippen molar-refractivity contribution in [3.63, 3.8) is 0 Å². The summed E-state index contributed by atoms with van der Waals surface area (Å²) in [5.74, 6) is -0.692. The Morgan fingerprint density at radius 2 is 1.93 bits per heavy atom. The highest BCUT2D eigenvalue weighted by Gasteiger charge is 2.51. The third-order valence-electron chi connectivity index (χ3n) is 6.19. The van der Waals surface area contributed by atoms with Crippen molar-refractivity contribution in [1.82, 2.24) is 15.1 Å². The van der Waals surface area contributed by atoms with Gasteiger partial charge in [-0.2, -0.15) is 5.10 Å². The van der Waals surface area contributed by atoms with E-state index in [9.17, 15) is 9.18 Å². The highest BCUT2D eigenvalue weighted by atomic mass is 19.1. The number of fused-ring (bicyclic) bond motifs is 1. The molecule has 2 aliphatic heterocycles. The molecule has 1 N–H and O–H groups in total. The van der Waals surface area contributed by atoms with Gasteiger partial charge in [-0.15, -0.1) is 0 Å². The van der Waals surface area contributed by atoms with Crippen molar-refractivity contribution in [3.05, 3.63) is 47.0 Å². The third kappa shape index (κ3) is 3.83. The number of benzene rings is 1. The van der Waals surface area contributed by atoms with Crippen LogP contribution in [-0.2, 0) is 28.8 Å². The van der Waals surface area contributed by atoms with Gasteiger partial charge in [0.15, 0.2) is 0 Å². The summed E-state index contributed by atoms with van der Waals surface area (Å²) in [7, 11) is -0.616. The smallest absolute Gasteiger partial charge is 0.399 e. The van der Waals surface area contributed by atoms with Crippen molar-refractivity contribution in [1.29, 1.82) is 0 Å². The second-order valence-electron chi connectivity index (χ2n) is 8.82. The fourth-order valence-corrected chi connectivity index (χ4v) is 3.63. The van der Waals surface area contributed by atoms with Gasteiger partial charge in [0.1, 0.15) is 11.5 Å². The van der Waals surface area contributed by atoms with Gasteiger partial charge in [0.05, 0.1) is 11.2 Å². The molecule has 2 aliphatic rings. The zero-order valence-corrected chi connectivity index (χ0v) is 17.4. The molecule has 1 saturated heterocycles. The molecule has 0 spiro atoms. The summed E-state index contributed by atoms with van der Waals surface area (Å²) < 4.78 is 28.5. The second-order valence-corrected chi connectivity index (χ2v) is 8.82. The van der Waals surface area contributed by atoms with Gasteiger partial charge in [-0.1, -0.05) is 12.1 Å². The maximum Gasteiger partial charge on any atom is 0.494 e. The maximum absolute atomic E-state index is 14.6. The molecule has 154 valence electrons. The average Bonchev–Trinajstić information content (AvgIpc) is 3.18. The standard InChI is InChI=1S/C21H27BFN3O3/c1-20(2)21(3,4)29-22(28-20)15-9-8-14(17(23)11-15)13-24-19(27)18-12-16-7-5-6-10-26(16)25-18/h8-9,11-12H,5-7,10,13H2,1-4H3,(H,24,27). The Bertz CT molecular complexity index is 902. The summed E-state index contributed by atoms with van der Waals surface area (Å²) in [6.07, 6.45) is 3.14. The molecule has 0 atom stereocenters. The van der Waals surface area contributed by atoms with Crippen LogP contribution in [0.2, 0.25) is 0 Å². The normalized spacial score (nSPS) is 19.8. The van der Waals surface area contributed by atoms with Gasteiger partial charge >= 0.3 is 7.12 Å². The molecule has 4 rings (SSSR count). The number of carbonyl (C=O) groups excluding carboxylic acids is 1. The van der Waals surface area contributed by atoms with Crippen LogP contribution in [0.5, 0.6) is 0 Å². The number of hydrogen-bond donors (Lipinski definition) is 1. The van der Waals surface area contributed by atoms with Crippen LogP contribution < -0.4 is 10.8 Å². The minimum absolute atomic E-state index is 0.0938. The van der Waals surface area contributed by atoms with Gasteiger partial charge in [0, 0.05) is 24.3 Å². The fourth-order valence-electron chi connectivity index (χ4n) is 3.63. The molecule has 1 amide bonds. The first-order valence-corrected chi connectivity index (χ1v) is 10.2.